The van der Waals surface area contributed by atoms with Gasteiger partial charge >= 0.3 is 5.97 Å². The van der Waals surface area contributed by atoms with Crippen LogP contribution in [0.4, 0.5) is 0 Å². The molecule has 0 bridgehead atoms. The van der Waals surface area contributed by atoms with Crippen LogP contribution in [0.2, 0.25) is 0 Å². The number of carbonyl (C=O) groups excluding carboxylic acids is 2. The molecular weight excluding hydrogens is 432 g/mol. The minimum absolute atomic E-state index is 0.0522. The van der Waals surface area contributed by atoms with Crippen molar-refractivity contribution in [1.29, 1.82) is 0 Å². The zero-order valence-electron chi connectivity index (χ0n) is 18.3. The molecule has 0 unspecified atom stereocenters. The number of nitrogens with one attached hydrogen (secondary N) is 2. The van der Waals surface area contributed by atoms with Crippen LogP contribution < -0.4 is 14.8 Å². The quantitative estimate of drug-likeness (QED) is 0.437. The maximum atomic E-state index is 13.0. The highest BCUT2D eigenvalue weighted by molar-refractivity contribution is 7.89. The number of terminal acetylenes is 1. The van der Waals surface area contributed by atoms with Crippen LogP contribution in [0.25, 0.3) is 0 Å². The minimum Gasteiger partial charge on any atom is -0.473 e. The Bertz CT molecular complexity index is 1100. The number of rotatable bonds is 9. The fourth-order valence-corrected chi connectivity index (χ4v) is 3.99. The molecule has 1 amide bonds. The van der Waals surface area contributed by atoms with Crippen LogP contribution in [0.3, 0.4) is 0 Å². The van der Waals surface area contributed by atoms with E-state index in [4.69, 9.17) is 11.2 Å². The largest absolute Gasteiger partial charge is 0.473 e. The average molecular weight is 459 g/mol. The summed E-state index contributed by atoms with van der Waals surface area (Å²) in [6.07, 6.45) is 5.70. The summed E-state index contributed by atoms with van der Waals surface area (Å²) in [5, 5.41) is 2.34. The van der Waals surface area contributed by atoms with Gasteiger partial charge in [-0.3, -0.25) is 9.59 Å². The van der Waals surface area contributed by atoms with Gasteiger partial charge in [-0.25, -0.2) is 8.42 Å². The molecule has 0 spiro atoms. The SMILES string of the molecule is C#C[C@@](C)(Oc1ccc(C)cc1)[C@H](NS(=O)(=O)c1ccc(C)cc1)C(=O)NCC(=O)OC. The Morgan fingerprint density at radius 1 is 1.06 bits per heavy atom. The van der Waals surface area contributed by atoms with Crippen molar-refractivity contribution in [3.05, 3.63) is 59.7 Å². The van der Waals surface area contributed by atoms with Gasteiger partial charge in [0.25, 0.3) is 0 Å². The molecular formula is C23H26N2O6S. The molecule has 9 heteroatoms. The molecule has 8 nitrogen and oxygen atoms in total. The van der Waals surface area contributed by atoms with E-state index < -0.39 is 40.1 Å². The Labute approximate surface area is 188 Å². The van der Waals surface area contributed by atoms with Crippen molar-refractivity contribution in [3.63, 3.8) is 0 Å². The van der Waals surface area contributed by atoms with Crippen LogP contribution in [-0.2, 0) is 24.3 Å². The lowest BCUT2D eigenvalue weighted by molar-refractivity contribution is -0.141. The van der Waals surface area contributed by atoms with E-state index in [2.05, 4.69) is 20.7 Å². The first kappa shape index (κ1) is 24.9. The van der Waals surface area contributed by atoms with Gasteiger partial charge in [-0.1, -0.05) is 41.3 Å². The number of sulfonamides is 1. The van der Waals surface area contributed by atoms with Crippen molar-refractivity contribution in [2.24, 2.45) is 0 Å². The molecule has 0 heterocycles. The van der Waals surface area contributed by atoms with E-state index >= 15 is 0 Å². The fourth-order valence-electron chi connectivity index (χ4n) is 2.71. The number of carbonyl (C=O) groups is 2. The van der Waals surface area contributed by atoms with Gasteiger partial charge in [0, 0.05) is 0 Å². The Morgan fingerprint density at radius 2 is 1.59 bits per heavy atom. The lowest BCUT2D eigenvalue weighted by Gasteiger charge is -2.33. The van der Waals surface area contributed by atoms with Gasteiger partial charge in [0.2, 0.25) is 15.9 Å². The number of amides is 1. The number of ether oxygens (including phenoxy) is 2. The average Bonchev–Trinajstić information content (AvgIpc) is 2.77. The molecule has 0 aliphatic heterocycles. The molecule has 2 aromatic carbocycles. The second-order valence-corrected chi connectivity index (χ2v) is 9.04. The van der Waals surface area contributed by atoms with Crippen molar-refractivity contribution in [1.82, 2.24) is 10.0 Å². The summed E-state index contributed by atoms with van der Waals surface area (Å²) in [6.45, 7) is 4.65. The molecule has 2 rings (SSSR count). The number of methoxy groups -OCH3 is 1. The van der Waals surface area contributed by atoms with Crippen LogP contribution in [0.5, 0.6) is 5.75 Å². The van der Waals surface area contributed by atoms with Gasteiger partial charge < -0.3 is 14.8 Å². The number of hydrogen-bond donors (Lipinski definition) is 2. The molecule has 0 aliphatic rings. The Balaban J connectivity index is 2.42. The zero-order valence-corrected chi connectivity index (χ0v) is 19.2. The molecule has 0 radical (unpaired) electrons. The summed E-state index contributed by atoms with van der Waals surface area (Å²) >= 11 is 0. The summed E-state index contributed by atoms with van der Waals surface area (Å²) < 4.78 is 38.7. The summed E-state index contributed by atoms with van der Waals surface area (Å²) in [5.74, 6) is 1.17. The van der Waals surface area contributed by atoms with E-state index in [0.29, 0.717) is 5.75 Å². The molecule has 0 saturated heterocycles. The van der Waals surface area contributed by atoms with Crippen LogP contribution in [0.1, 0.15) is 18.1 Å². The summed E-state index contributed by atoms with van der Waals surface area (Å²) in [6, 6.07) is 11.4. The molecule has 0 fully saturated rings. The van der Waals surface area contributed by atoms with Gasteiger partial charge in [0.15, 0.2) is 11.6 Å². The molecule has 32 heavy (non-hydrogen) atoms. The van der Waals surface area contributed by atoms with Gasteiger partial charge in [-0.15, -0.1) is 6.42 Å². The van der Waals surface area contributed by atoms with Gasteiger partial charge in [0.1, 0.15) is 12.3 Å². The predicted octanol–water partition coefficient (Wildman–Crippen LogP) is 1.71. The fraction of sp³-hybridized carbons (Fsp3) is 0.304. The topological polar surface area (TPSA) is 111 Å². The van der Waals surface area contributed by atoms with Crippen molar-refractivity contribution < 1.29 is 27.5 Å². The molecule has 2 N–H and O–H groups in total. The van der Waals surface area contributed by atoms with Gasteiger partial charge in [-0.2, -0.15) is 4.72 Å². The van der Waals surface area contributed by atoms with E-state index in [-0.39, 0.29) is 4.90 Å². The maximum absolute atomic E-state index is 13.0. The monoisotopic (exact) mass is 458 g/mol. The first-order valence-electron chi connectivity index (χ1n) is 9.67. The number of aryl methyl sites for hydroxylation is 2. The molecule has 0 saturated carbocycles. The van der Waals surface area contributed by atoms with Crippen LogP contribution in [0, 0.1) is 26.2 Å². The highest BCUT2D eigenvalue weighted by Gasteiger charge is 2.43. The number of esters is 1. The van der Waals surface area contributed by atoms with E-state index in [1.54, 1.807) is 36.4 Å². The van der Waals surface area contributed by atoms with Crippen molar-refractivity contribution in [2.75, 3.05) is 13.7 Å². The molecule has 170 valence electrons. The summed E-state index contributed by atoms with van der Waals surface area (Å²) in [5.41, 5.74) is 0.118. The third-order valence-corrected chi connectivity index (χ3v) is 6.13. The van der Waals surface area contributed by atoms with Crippen LogP contribution in [-0.4, -0.2) is 45.6 Å². The predicted molar refractivity (Wildman–Crippen MR) is 119 cm³/mol. The Kier molecular flexibility index (Phi) is 8.02. The molecule has 0 aromatic heterocycles. The second-order valence-electron chi connectivity index (χ2n) is 7.33. The summed E-state index contributed by atoms with van der Waals surface area (Å²) in [4.78, 5) is 24.4. The van der Waals surface area contributed by atoms with Crippen molar-refractivity contribution in [3.8, 4) is 18.1 Å². The Hall–Kier alpha value is -3.35. The zero-order chi connectivity index (χ0) is 23.9. The van der Waals surface area contributed by atoms with E-state index in [1.807, 2.05) is 13.8 Å². The lowest BCUT2D eigenvalue weighted by Crippen LogP contribution is -2.61. The number of benzene rings is 2. The summed E-state index contributed by atoms with van der Waals surface area (Å²) in [7, 11) is -3.00. The first-order valence-corrected chi connectivity index (χ1v) is 11.2. The standard InChI is InChI=1S/C23H26N2O6S/c1-6-23(4,31-18-11-7-16(2)8-12-18)21(22(27)24-15-20(26)30-5)25-32(28,29)19-13-9-17(3)10-14-19/h1,7-14,21,25H,15H2,2-5H3,(H,24,27)/t21-,23-/m1/s1. The Morgan fingerprint density at radius 3 is 2.09 bits per heavy atom. The van der Waals surface area contributed by atoms with E-state index in [9.17, 15) is 18.0 Å². The smallest absolute Gasteiger partial charge is 0.325 e. The maximum Gasteiger partial charge on any atom is 0.325 e. The highest BCUT2D eigenvalue weighted by Crippen LogP contribution is 2.23. The van der Waals surface area contributed by atoms with Crippen LogP contribution in [0.15, 0.2) is 53.4 Å². The van der Waals surface area contributed by atoms with Gasteiger partial charge in [-0.05, 0) is 45.0 Å². The molecule has 2 atom stereocenters. The minimum atomic E-state index is -4.16. The molecule has 2 aromatic rings. The number of hydrogen-bond acceptors (Lipinski definition) is 6. The van der Waals surface area contributed by atoms with Crippen molar-refractivity contribution >= 4 is 21.9 Å². The lowest BCUT2D eigenvalue weighted by atomic mass is 9.96. The molecule has 0 aliphatic carbocycles. The van der Waals surface area contributed by atoms with E-state index in [0.717, 1.165) is 18.2 Å². The third-order valence-electron chi connectivity index (χ3n) is 4.69. The third kappa shape index (κ3) is 6.33. The van der Waals surface area contributed by atoms with Gasteiger partial charge in [0.05, 0.1) is 12.0 Å². The second kappa shape index (κ2) is 10.3. The van der Waals surface area contributed by atoms with E-state index in [1.165, 1.54) is 19.1 Å². The first-order chi connectivity index (χ1) is 15.0. The van der Waals surface area contributed by atoms with Crippen LogP contribution >= 0.6 is 0 Å². The highest BCUT2D eigenvalue weighted by atomic mass is 32.2. The van der Waals surface area contributed by atoms with Crippen molar-refractivity contribution in [2.45, 2.75) is 37.3 Å². The normalized spacial score (nSPS) is 13.8.